The van der Waals surface area contributed by atoms with Gasteiger partial charge in [0, 0.05) is 5.39 Å². The highest BCUT2D eigenvalue weighted by Gasteiger charge is 2.08. The lowest BCUT2D eigenvalue weighted by Crippen LogP contribution is -1.76. The van der Waals surface area contributed by atoms with Gasteiger partial charge >= 0.3 is 0 Å². The van der Waals surface area contributed by atoms with Crippen LogP contribution in [0.3, 0.4) is 0 Å². The summed E-state index contributed by atoms with van der Waals surface area (Å²) in [5.41, 5.74) is 2.47. The second kappa shape index (κ2) is 3.04. The van der Waals surface area contributed by atoms with Gasteiger partial charge in [-0.25, -0.2) is 9.97 Å². The fraction of sp³-hybridized carbons (Fsp3) is 0. The number of hydrogen-bond acceptors (Lipinski definition) is 3. The summed E-state index contributed by atoms with van der Waals surface area (Å²) in [6, 6.07) is 12.4. The van der Waals surface area contributed by atoms with E-state index in [1.165, 1.54) is 10.8 Å². The SMILES string of the molecule is c1ccc2cc3c(cc2c1)oc1cncnc13. The summed E-state index contributed by atoms with van der Waals surface area (Å²) in [6.45, 7) is 0. The highest BCUT2D eigenvalue weighted by atomic mass is 16.3. The molecule has 0 radical (unpaired) electrons. The van der Waals surface area contributed by atoms with Crippen molar-refractivity contribution in [2.45, 2.75) is 0 Å². The van der Waals surface area contributed by atoms with Crippen LogP contribution in [-0.4, -0.2) is 9.97 Å². The first-order valence-electron chi connectivity index (χ1n) is 5.43. The molecule has 0 N–H and O–H groups in total. The van der Waals surface area contributed by atoms with Crippen molar-refractivity contribution in [3.8, 4) is 0 Å². The Morgan fingerprint density at radius 2 is 1.76 bits per heavy atom. The Bertz CT molecular complexity index is 842. The van der Waals surface area contributed by atoms with E-state index >= 15 is 0 Å². The average Bonchev–Trinajstić information content (AvgIpc) is 2.73. The van der Waals surface area contributed by atoms with Crippen LogP contribution in [0, 0.1) is 0 Å². The smallest absolute Gasteiger partial charge is 0.172 e. The van der Waals surface area contributed by atoms with Crippen LogP contribution in [0.5, 0.6) is 0 Å². The van der Waals surface area contributed by atoms with Crippen molar-refractivity contribution in [3.63, 3.8) is 0 Å². The Balaban J connectivity index is 2.28. The monoisotopic (exact) mass is 220 g/mol. The first-order chi connectivity index (χ1) is 8.42. The molecule has 0 bridgehead atoms. The molecule has 80 valence electrons. The molecule has 2 aromatic heterocycles. The van der Waals surface area contributed by atoms with E-state index in [0.717, 1.165) is 22.1 Å². The summed E-state index contributed by atoms with van der Waals surface area (Å²) in [7, 11) is 0. The zero-order valence-electron chi connectivity index (χ0n) is 8.92. The van der Waals surface area contributed by atoms with Gasteiger partial charge in [0.2, 0.25) is 0 Å². The van der Waals surface area contributed by atoms with Crippen LogP contribution in [-0.2, 0) is 0 Å². The van der Waals surface area contributed by atoms with Crippen molar-refractivity contribution in [3.05, 3.63) is 48.9 Å². The highest BCUT2D eigenvalue weighted by Crippen LogP contribution is 2.30. The van der Waals surface area contributed by atoms with Crippen LogP contribution in [0.2, 0.25) is 0 Å². The summed E-state index contributed by atoms with van der Waals surface area (Å²) in [5, 5.41) is 3.41. The molecule has 0 unspecified atom stereocenters. The molecule has 0 atom stereocenters. The molecular formula is C14H8N2O. The number of furan rings is 1. The third-order valence-corrected chi connectivity index (χ3v) is 3.00. The van der Waals surface area contributed by atoms with Crippen molar-refractivity contribution >= 4 is 32.8 Å². The van der Waals surface area contributed by atoms with Gasteiger partial charge in [0.15, 0.2) is 5.58 Å². The molecule has 4 rings (SSSR count). The summed E-state index contributed by atoms with van der Waals surface area (Å²) < 4.78 is 5.74. The second-order valence-electron chi connectivity index (χ2n) is 4.03. The zero-order valence-corrected chi connectivity index (χ0v) is 8.92. The van der Waals surface area contributed by atoms with Crippen LogP contribution < -0.4 is 0 Å². The predicted octanol–water partition coefficient (Wildman–Crippen LogP) is 3.53. The Morgan fingerprint density at radius 3 is 2.65 bits per heavy atom. The van der Waals surface area contributed by atoms with Crippen LogP contribution in [0.25, 0.3) is 32.8 Å². The van der Waals surface area contributed by atoms with Gasteiger partial charge in [0.25, 0.3) is 0 Å². The largest absolute Gasteiger partial charge is 0.453 e. The number of benzene rings is 2. The van der Waals surface area contributed by atoms with E-state index in [-0.39, 0.29) is 0 Å². The minimum Gasteiger partial charge on any atom is -0.453 e. The van der Waals surface area contributed by atoms with Gasteiger partial charge in [-0.2, -0.15) is 0 Å². The van der Waals surface area contributed by atoms with E-state index in [1.54, 1.807) is 12.5 Å². The second-order valence-corrected chi connectivity index (χ2v) is 4.03. The van der Waals surface area contributed by atoms with Gasteiger partial charge in [0.1, 0.15) is 17.4 Å². The third-order valence-electron chi connectivity index (χ3n) is 3.00. The molecule has 2 heterocycles. The van der Waals surface area contributed by atoms with Gasteiger partial charge in [-0.15, -0.1) is 0 Å². The van der Waals surface area contributed by atoms with Gasteiger partial charge in [0.05, 0.1) is 6.20 Å². The molecule has 0 aliphatic rings. The summed E-state index contributed by atoms with van der Waals surface area (Å²) >= 11 is 0. The van der Waals surface area contributed by atoms with E-state index in [0.29, 0.717) is 0 Å². The number of rotatable bonds is 0. The zero-order chi connectivity index (χ0) is 11.2. The summed E-state index contributed by atoms with van der Waals surface area (Å²) in [6.07, 6.45) is 3.25. The Hall–Kier alpha value is -2.42. The Kier molecular flexibility index (Phi) is 1.56. The lowest BCUT2D eigenvalue weighted by molar-refractivity contribution is 0.666. The lowest BCUT2D eigenvalue weighted by atomic mass is 10.1. The van der Waals surface area contributed by atoms with Crippen molar-refractivity contribution in [2.75, 3.05) is 0 Å². The maximum Gasteiger partial charge on any atom is 0.172 e. The van der Waals surface area contributed by atoms with Gasteiger partial charge in [-0.05, 0) is 22.9 Å². The van der Waals surface area contributed by atoms with Crippen LogP contribution >= 0.6 is 0 Å². The molecule has 0 aliphatic heterocycles. The number of nitrogens with zero attached hydrogens (tertiary/aromatic N) is 2. The molecule has 0 amide bonds. The molecule has 0 saturated heterocycles. The quantitative estimate of drug-likeness (QED) is 0.455. The molecule has 2 aromatic carbocycles. The van der Waals surface area contributed by atoms with E-state index in [1.807, 2.05) is 18.2 Å². The fourth-order valence-corrected chi connectivity index (χ4v) is 2.20. The van der Waals surface area contributed by atoms with E-state index in [2.05, 4.69) is 28.2 Å². The van der Waals surface area contributed by atoms with Gasteiger partial charge < -0.3 is 4.42 Å². The Labute approximate surface area is 96.7 Å². The summed E-state index contributed by atoms with van der Waals surface area (Å²) in [5.74, 6) is 0. The molecule has 0 spiro atoms. The van der Waals surface area contributed by atoms with Crippen LogP contribution in [0.15, 0.2) is 53.3 Å². The van der Waals surface area contributed by atoms with Crippen molar-refractivity contribution in [2.24, 2.45) is 0 Å². The highest BCUT2D eigenvalue weighted by molar-refractivity contribution is 6.07. The van der Waals surface area contributed by atoms with Crippen LogP contribution in [0.1, 0.15) is 0 Å². The van der Waals surface area contributed by atoms with E-state index in [9.17, 15) is 0 Å². The maximum absolute atomic E-state index is 5.74. The molecule has 3 nitrogen and oxygen atoms in total. The first kappa shape index (κ1) is 8.70. The molecule has 3 heteroatoms. The lowest BCUT2D eigenvalue weighted by Gasteiger charge is -1.96. The molecule has 0 saturated carbocycles. The third kappa shape index (κ3) is 1.16. The number of hydrogen-bond donors (Lipinski definition) is 0. The van der Waals surface area contributed by atoms with Crippen LogP contribution in [0.4, 0.5) is 0 Å². The van der Waals surface area contributed by atoms with Crippen molar-refractivity contribution in [1.82, 2.24) is 9.97 Å². The number of fused-ring (bicyclic) bond motifs is 4. The molecule has 17 heavy (non-hydrogen) atoms. The van der Waals surface area contributed by atoms with Gasteiger partial charge in [-0.1, -0.05) is 24.3 Å². The fourth-order valence-electron chi connectivity index (χ4n) is 2.20. The van der Waals surface area contributed by atoms with Crippen molar-refractivity contribution in [1.29, 1.82) is 0 Å². The normalized spacial score (nSPS) is 11.5. The van der Waals surface area contributed by atoms with E-state index in [4.69, 9.17) is 4.42 Å². The van der Waals surface area contributed by atoms with E-state index < -0.39 is 0 Å². The summed E-state index contributed by atoms with van der Waals surface area (Å²) in [4.78, 5) is 8.24. The minimum absolute atomic E-state index is 0.734. The standard InChI is InChI=1S/C14H8N2O/c1-2-4-10-6-12-11(5-9(10)3-1)14-13(17-12)7-15-8-16-14/h1-8H. The average molecular weight is 220 g/mol. The number of aromatic nitrogens is 2. The predicted molar refractivity (Wildman–Crippen MR) is 66.8 cm³/mol. The minimum atomic E-state index is 0.734. The maximum atomic E-state index is 5.74. The molecule has 0 aliphatic carbocycles. The molecular weight excluding hydrogens is 212 g/mol. The molecule has 0 fully saturated rings. The molecule has 4 aromatic rings. The van der Waals surface area contributed by atoms with Gasteiger partial charge in [-0.3, -0.25) is 0 Å². The topological polar surface area (TPSA) is 38.9 Å². The first-order valence-corrected chi connectivity index (χ1v) is 5.43. The van der Waals surface area contributed by atoms with Crippen molar-refractivity contribution < 1.29 is 4.42 Å². The Morgan fingerprint density at radius 1 is 0.941 bits per heavy atom.